The third kappa shape index (κ3) is 2.58. The van der Waals surface area contributed by atoms with Crippen molar-refractivity contribution in [2.45, 2.75) is 31.1 Å². The summed E-state index contributed by atoms with van der Waals surface area (Å²) in [5.41, 5.74) is -0.235. The van der Waals surface area contributed by atoms with Crippen LogP contribution in [0.25, 0.3) is 0 Å². The molecule has 110 valence electrons. The van der Waals surface area contributed by atoms with Crippen LogP contribution in [0.4, 0.5) is 14.5 Å². The molecule has 0 spiro atoms. The highest BCUT2D eigenvalue weighted by molar-refractivity contribution is 7.10. The van der Waals surface area contributed by atoms with E-state index in [2.05, 4.69) is 5.32 Å². The van der Waals surface area contributed by atoms with Crippen molar-refractivity contribution in [3.63, 3.8) is 0 Å². The lowest BCUT2D eigenvalue weighted by Gasteiger charge is -2.26. The van der Waals surface area contributed by atoms with E-state index >= 15 is 0 Å². The molecule has 1 aliphatic carbocycles. The molecular formula is C16H15F2NOS. The molecule has 0 atom stereocenters. The Balaban J connectivity index is 1.87. The molecule has 0 unspecified atom stereocenters. The molecule has 5 heteroatoms. The number of hydrogen-bond acceptors (Lipinski definition) is 2. The third-order valence-corrected chi connectivity index (χ3v) is 5.14. The van der Waals surface area contributed by atoms with Gasteiger partial charge in [0.15, 0.2) is 11.6 Å². The van der Waals surface area contributed by atoms with Gasteiger partial charge < -0.3 is 5.32 Å². The van der Waals surface area contributed by atoms with Crippen molar-refractivity contribution >= 4 is 22.9 Å². The predicted octanol–water partition coefficient (Wildman–Crippen LogP) is 4.48. The molecule has 0 bridgehead atoms. The summed E-state index contributed by atoms with van der Waals surface area (Å²) in [6.07, 6.45) is 3.60. The largest absolute Gasteiger partial charge is 0.325 e. The molecule has 1 heterocycles. The van der Waals surface area contributed by atoms with Crippen LogP contribution in [0.1, 0.15) is 30.6 Å². The minimum absolute atomic E-state index is 0.131. The van der Waals surface area contributed by atoms with Gasteiger partial charge in [-0.15, -0.1) is 11.3 Å². The molecule has 2 nitrogen and oxygen atoms in total. The topological polar surface area (TPSA) is 29.1 Å². The fourth-order valence-electron chi connectivity index (χ4n) is 2.94. The zero-order chi connectivity index (χ0) is 14.9. The van der Waals surface area contributed by atoms with Gasteiger partial charge in [-0.1, -0.05) is 18.9 Å². The summed E-state index contributed by atoms with van der Waals surface area (Å²) in [4.78, 5) is 13.8. The smallest absolute Gasteiger partial charge is 0.235 e. The van der Waals surface area contributed by atoms with Crippen molar-refractivity contribution in [3.05, 3.63) is 52.2 Å². The maximum Gasteiger partial charge on any atom is 0.235 e. The molecule has 1 N–H and O–H groups in total. The number of hydrogen-bond donors (Lipinski definition) is 1. The molecule has 1 aromatic heterocycles. The Bertz CT molecular complexity index is 648. The molecule has 1 amide bonds. The second kappa shape index (κ2) is 5.56. The van der Waals surface area contributed by atoms with Crippen LogP contribution in [0.3, 0.4) is 0 Å². The van der Waals surface area contributed by atoms with Gasteiger partial charge in [-0.2, -0.15) is 0 Å². The van der Waals surface area contributed by atoms with Crippen molar-refractivity contribution < 1.29 is 13.6 Å². The average molecular weight is 307 g/mol. The molecule has 0 radical (unpaired) electrons. The Hall–Kier alpha value is -1.75. The first kappa shape index (κ1) is 14.2. The first-order chi connectivity index (χ1) is 10.1. The predicted molar refractivity (Wildman–Crippen MR) is 79.5 cm³/mol. The summed E-state index contributed by atoms with van der Waals surface area (Å²) in [6.45, 7) is 0. The quantitative estimate of drug-likeness (QED) is 0.890. The number of carbonyl (C=O) groups is 1. The van der Waals surface area contributed by atoms with E-state index < -0.39 is 17.0 Å². The van der Waals surface area contributed by atoms with Gasteiger partial charge in [0.1, 0.15) is 0 Å². The van der Waals surface area contributed by atoms with E-state index in [1.165, 1.54) is 6.07 Å². The lowest BCUT2D eigenvalue weighted by Crippen LogP contribution is -2.37. The van der Waals surface area contributed by atoms with Crippen molar-refractivity contribution in [2.75, 3.05) is 5.32 Å². The van der Waals surface area contributed by atoms with E-state index in [1.807, 2.05) is 17.5 Å². The van der Waals surface area contributed by atoms with Gasteiger partial charge in [0, 0.05) is 16.6 Å². The van der Waals surface area contributed by atoms with Crippen LogP contribution in [0.15, 0.2) is 35.7 Å². The number of anilines is 1. The fourth-order valence-corrected chi connectivity index (χ4v) is 3.92. The van der Waals surface area contributed by atoms with Crippen molar-refractivity contribution in [3.8, 4) is 0 Å². The number of benzene rings is 1. The molecule has 3 rings (SSSR count). The standard InChI is InChI=1S/C16H15F2NOS/c17-12-6-5-11(10-13(12)18)19-15(20)16(7-1-2-8-16)14-4-3-9-21-14/h3-6,9-10H,1-2,7-8H2,(H,19,20). The number of nitrogens with one attached hydrogen (secondary N) is 1. The lowest BCUT2D eigenvalue weighted by atomic mass is 9.83. The van der Waals surface area contributed by atoms with Gasteiger partial charge in [0.05, 0.1) is 5.41 Å². The summed E-state index contributed by atoms with van der Waals surface area (Å²) in [5.74, 6) is -2.00. The molecule has 0 aliphatic heterocycles. The molecule has 1 fully saturated rings. The van der Waals surface area contributed by atoms with Gasteiger partial charge >= 0.3 is 0 Å². The highest BCUT2D eigenvalue weighted by Gasteiger charge is 2.43. The maximum absolute atomic E-state index is 13.3. The van der Waals surface area contributed by atoms with Gasteiger partial charge in [0.2, 0.25) is 5.91 Å². The van der Waals surface area contributed by atoms with Crippen LogP contribution in [-0.2, 0) is 10.2 Å². The number of rotatable bonds is 3. The van der Waals surface area contributed by atoms with Gasteiger partial charge in [-0.25, -0.2) is 8.78 Å². The molecule has 21 heavy (non-hydrogen) atoms. The molecule has 1 aromatic carbocycles. The highest BCUT2D eigenvalue weighted by Crippen LogP contribution is 2.43. The highest BCUT2D eigenvalue weighted by atomic mass is 32.1. The Kier molecular flexibility index (Phi) is 3.76. The van der Waals surface area contributed by atoms with Crippen molar-refractivity contribution in [1.29, 1.82) is 0 Å². The third-order valence-electron chi connectivity index (χ3n) is 4.06. The Morgan fingerprint density at radius 1 is 1.14 bits per heavy atom. The molecular weight excluding hydrogens is 292 g/mol. The second-order valence-corrected chi connectivity index (χ2v) is 6.30. The lowest BCUT2D eigenvalue weighted by molar-refractivity contribution is -0.121. The number of thiophene rings is 1. The number of carbonyl (C=O) groups excluding carboxylic acids is 1. The van der Waals surface area contributed by atoms with E-state index in [-0.39, 0.29) is 5.91 Å². The minimum atomic E-state index is -0.954. The monoisotopic (exact) mass is 307 g/mol. The first-order valence-electron chi connectivity index (χ1n) is 6.92. The van der Waals surface area contributed by atoms with E-state index in [1.54, 1.807) is 11.3 Å². The maximum atomic E-state index is 13.3. The first-order valence-corrected chi connectivity index (χ1v) is 7.80. The summed E-state index contributed by atoms with van der Waals surface area (Å²) >= 11 is 1.57. The normalized spacial score (nSPS) is 16.9. The Morgan fingerprint density at radius 2 is 1.90 bits per heavy atom. The van der Waals surface area contributed by atoms with E-state index in [9.17, 15) is 13.6 Å². The summed E-state index contributed by atoms with van der Waals surface area (Å²) < 4.78 is 26.2. The fraction of sp³-hybridized carbons (Fsp3) is 0.312. The van der Waals surface area contributed by atoms with Gasteiger partial charge in [-0.3, -0.25) is 4.79 Å². The van der Waals surface area contributed by atoms with Crippen molar-refractivity contribution in [1.82, 2.24) is 0 Å². The summed E-state index contributed by atoms with van der Waals surface area (Å²) in [7, 11) is 0. The van der Waals surface area contributed by atoms with Crippen LogP contribution in [-0.4, -0.2) is 5.91 Å². The van der Waals surface area contributed by atoms with Crippen LogP contribution in [0.2, 0.25) is 0 Å². The second-order valence-electron chi connectivity index (χ2n) is 5.35. The van der Waals surface area contributed by atoms with Crippen LogP contribution >= 0.6 is 11.3 Å². The van der Waals surface area contributed by atoms with Crippen molar-refractivity contribution in [2.24, 2.45) is 0 Å². The Morgan fingerprint density at radius 3 is 2.52 bits per heavy atom. The van der Waals surface area contributed by atoms with Gasteiger partial charge in [0.25, 0.3) is 0 Å². The van der Waals surface area contributed by atoms with E-state index in [0.717, 1.165) is 42.7 Å². The molecule has 1 saturated carbocycles. The van der Waals surface area contributed by atoms with E-state index in [4.69, 9.17) is 0 Å². The minimum Gasteiger partial charge on any atom is -0.325 e. The molecule has 1 aliphatic rings. The molecule has 2 aromatic rings. The number of amides is 1. The summed E-state index contributed by atoms with van der Waals surface area (Å²) in [5, 5.41) is 4.70. The van der Waals surface area contributed by atoms with E-state index in [0.29, 0.717) is 5.69 Å². The molecule has 0 saturated heterocycles. The number of halogens is 2. The van der Waals surface area contributed by atoms with Gasteiger partial charge in [-0.05, 0) is 36.4 Å². The Labute approximate surface area is 125 Å². The average Bonchev–Trinajstić information content (AvgIpc) is 3.13. The zero-order valence-electron chi connectivity index (χ0n) is 11.4. The van der Waals surface area contributed by atoms with Crippen LogP contribution in [0, 0.1) is 11.6 Å². The SMILES string of the molecule is O=C(Nc1ccc(F)c(F)c1)C1(c2cccs2)CCCC1. The zero-order valence-corrected chi connectivity index (χ0v) is 12.2. The van der Waals surface area contributed by atoms with Crippen LogP contribution in [0.5, 0.6) is 0 Å². The van der Waals surface area contributed by atoms with Crippen LogP contribution < -0.4 is 5.32 Å². The summed E-state index contributed by atoms with van der Waals surface area (Å²) in [6, 6.07) is 7.33.